The Hall–Kier alpha value is -0.643. The van der Waals surface area contributed by atoms with E-state index in [4.69, 9.17) is 0 Å². The van der Waals surface area contributed by atoms with Crippen molar-refractivity contribution in [1.29, 1.82) is 0 Å². The largest absolute Gasteiger partial charge is 0.153 e. The van der Waals surface area contributed by atoms with Crippen molar-refractivity contribution in [3.05, 3.63) is 47.7 Å². The Balaban J connectivity index is 2.45. The van der Waals surface area contributed by atoms with Crippen molar-refractivity contribution in [1.82, 2.24) is 0 Å². The van der Waals surface area contributed by atoms with Crippen LogP contribution in [0.5, 0.6) is 0 Å². The summed E-state index contributed by atoms with van der Waals surface area (Å²) in [6, 6.07) is 10.00. The van der Waals surface area contributed by atoms with E-state index in [1.807, 2.05) is 22.7 Å². The molecule has 2 rings (SSSR count). The van der Waals surface area contributed by atoms with Crippen LogP contribution in [0.2, 0.25) is 12.6 Å². The van der Waals surface area contributed by atoms with Crippen LogP contribution in [-0.2, 0) is 0 Å². The van der Waals surface area contributed by atoms with Gasteiger partial charge in [-0.3, -0.25) is 0 Å². The summed E-state index contributed by atoms with van der Waals surface area (Å²) in [6.45, 7) is 6.35. The van der Waals surface area contributed by atoms with Gasteiger partial charge in [0, 0.05) is 0 Å². The highest BCUT2D eigenvalue weighted by atomic mass is 32.1. The molecule has 0 fully saturated rings. The van der Waals surface area contributed by atoms with Crippen LogP contribution in [0.1, 0.15) is 0 Å². The van der Waals surface area contributed by atoms with Crippen molar-refractivity contribution in [2.45, 2.75) is 12.6 Å². The van der Waals surface area contributed by atoms with Crippen LogP contribution >= 0.6 is 22.7 Å². The van der Waals surface area contributed by atoms with Crippen LogP contribution < -0.4 is 9.00 Å². The number of rotatable bonds is 4. The molecule has 2 aromatic heterocycles. The second-order valence-electron chi connectivity index (χ2n) is 3.78. The number of allylic oxidation sites excluding steroid dienone is 1. The third-order valence-electron chi connectivity index (χ3n) is 2.68. The topological polar surface area (TPSA) is 0 Å². The zero-order valence-electron chi connectivity index (χ0n) is 8.77. The van der Waals surface area contributed by atoms with E-state index in [2.05, 4.69) is 54.2 Å². The molecule has 0 saturated heterocycles. The van der Waals surface area contributed by atoms with Crippen LogP contribution in [0, 0.1) is 0 Å². The quantitative estimate of drug-likeness (QED) is 0.577. The minimum absolute atomic E-state index is 1.13. The molecule has 0 N–H and O–H groups in total. The van der Waals surface area contributed by atoms with Gasteiger partial charge in [0.25, 0.3) is 0 Å². The molecular formula is C12H14S2Si. The van der Waals surface area contributed by atoms with Crippen LogP contribution in [0.3, 0.4) is 0 Å². The minimum Gasteiger partial charge on any atom is -0.153 e. The molecule has 2 aromatic rings. The van der Waals surface area contributed by atoms with Crippen LogP contribution in [0.25, 0.3) is 0 Å². The number of thiophene rings is 2. The summed E-state index contributed by atoms with van der Waals surface area (Å²) < 4.78 is 3.12. The third kappa shape index (κ3) is 2.00. The summed E-state index contributed by atoms with van der Waals surface area (Å²) in [6.07, 6.45) is 2.08. The Morgan fingerprint density at radius 2 is 1.73 bits per heavy atom. The molecule has 0 saturated carbocycles. The number of hydrogen-bond acceptors (Lipinski definition) is 2. The van der Waals surface area contributed by atoms with Gasteiger partial charge in [0.1, 0.15) is 8.07 Å². The fourth-order valence-corrected chi connectivity index (χ4v) is 8.71. The fourth-order valence-electron chi connectivity index (χ4n) is 1.80. The van der Waals surface area contributed by atoms with Gasteiger partial charge in [-0.15, -0.1) is 6.58 Å². The summed E-state index contributed by atoms with van der Waals surface area (Å²) in [5.41, 5.74) is 0. The molecule has 0 nitrogen and oxygen atoms in total. The zero-order chi connectivity index (χ0) is 10.7. The summed E-state index contributed by atoms with van der Waals surface area (Å²) in [7, 11) is -1.48. The van der Waals surface area contributed by atoms with Gasteiger partial charge < -0.3 is 0 Å². The maximum Gasteiger partial charge on any atom is 0.143 e. The molecule has 0 spiro atoms. The third-order valence-corrected chi connectivity index (χ3v) is 11.1. The Labute approximate surface area is 99.9 Å². The highest BCUT2D eigenvalue weighted by Gasteiger charge is 2.32. The molecule has 0 amide bonds. The second kappa shape index (κ2) is 4.47. The molecule has 3 heteroatoms. The van der Waals surface area contributed by atoms with Gasteiger partial charge in [0.05, 0.1) is 0 Å². The van der Waals surface area contributed by atoms with Crippen molar-refractivity contribution in [2.75, 3.05) is 0 Å². The van der Waals surface area contributed by atoms with Crippen LogP contribution in [0.4, 0.5) is 0 Å². The Morgan fingerprint density at radius 3 is 2.07 bits per heavy atom. The molecule has 0 unspecified atom stereocenters. The Kier molecular flexibility index (Phi) is 3.24. The summed E-state index contributed by atoms with van der Waals surface area (Å²) >= 11 is 3.78. The van der Waals surface area contributed by atoms with E-state index < -0.39 is 8.07 Å². The van der Waals surface area contributed by atoms with Crippen molar-refractivity contribution >= 4 is 39.7 Å². The molecule has 2 heterocycles. The molecule has 0 atom stereocenters. The molecule has 0 aliphatic rings. The van der Waals surface area contributed by atoms with E-state index in [1.165, 1.54) is 0 Å². The first-order chi connectivity index (χ1) is 7.27. The zero-order valence-corrected chi connectivity index (χ0v) is 11.4. The van der Waals surface area contributed by atoms with Gasteiger partial charge in [0.2, 0.25) is 0 Å². The standard InChI is InChI=1S/C12H14S2Si/c1-3-10-15(2,11-6-4-8-13-11)12-7-5-9-14-12/h3-9H,1,10H2,2H3. The van der Waals surface area contributed by atoms with Crippen molar-refractivity contribution in [3.8, 4) is 0 Å². The van der Waals surface area contributed by atoms with Gasteiger partial charge in [-0.1, -0.05) is 36.9 Å². The Bertz CT molecular complexity index is 380. The van der Waals surface area contributed by atoms with Crippen molar-refractivity contribution < 1.29 is 0 Å². The van der Waals surface area contributed by atoms with Crippen LogP contribution in [0.15, 0.2) is 47.7 Å². The molecule has 0 aliphatic heterocycles. The maximum atomic E-state index is 3.91. The monoisotopic (exact) mass is 250 g/mol. The highest BCUT2D eigenvalue weighted by molar-refractivity contribution is 7.36. The lowest BCUT2D eigenvalue weighted by atomic mass is 10.7. The Morgan fingerprint density at radius 1 is 1.20 bits per heavy atom. The van der Waals surface area contributed by atoms with Gasteiger partial charge in [-0.05, 0) is 25.8 Å². The SMILES string of the molecule is C=CC[Si](C)(c1cccs1)c1cccs1. The van der Waals surface area contributed by atoms with Gasteiger partial charge >= 0.3 is 0 Å². The molecule has 78 valence electrons. The summed E-state index contributed by atoms with van der Waals surface area (Å²) in [4.78, 5) is 0. The smallest absolute Gasteiger partial charge is 0.143 e. The van der Waals surface area contributed by atoms with E-state index in [1.54, 1.807) is 9.00 Å². The van der Waals surface area contributed by atoms with Crippen molar-refractivity contribution in [2.24, 2.45) is 0 Å². The van der Waals surface area contributed by atoms with Gasteiger partial charge in [0.15, 0.2) is 0 Å². The van der Waals surface area contributed by atoms with E-state index in [-0.39, 0.29) is 0 Å². The van der Waals surface area contributed by atoms with E-state index in [0.717, 1.165) is 6.04 Å². The predicted molar refractivity (Wildman–Crippen MR) is 74.5 cm³/mol. The van der Waals surface area contributed by atoms with E-state index in [9.17, 15) is 0 Å². The first kappa shape index (κ1) is 10.9. The molecule has 0 aromatic carbocycles. The van der Waals surface area contributed by atoms with Crippen LogP contribution in [-0.4, -0.2) is 8.07 Å². The predicted octanol–water partition coefficient (Wildman–Crippen LogP) is 3.19. The lowest BCUT2D eigenvalue weighted by Crippen LogP contribution is -2.52. The minimum atomic E-state index is -1.48. The normalized spacial score (nSPS) is 11.5. The molecule has 15 heavy (non-hydrogen) atoms. The van der Waals surface area contributed by atoms with E-state index >= 15 is 0 Å². The second-order valence-corrected chi connectivity index (χ2v) is 10.5. The molecule has 0 radical (unpaired) electrons. The lowest BCUT2D eigenvalue weighted by Gasteiger charge is -2.23. The molecular weight excluding hydrogens is 236 g/mol. The van der Waals surface area contributed by atoms with Gasteiger partial charge in [-0.2, -0.15) is 22.7 Å². The van der Waals surface area contributed by atoms with Gasteiger partial charge in [-0.25, -0.2) is 0 Å². The average Bonchev–Trinajstić information content (AvgIpc) is 2.92. The number of hydrogen-bond donors (Lipinski definition) is 0. The van der Waals surface area contributed by atoms with Crippen molar-refractivity contribution in [3.63, 3.8) is 0 Å². The molecule has 0 aliphatic carbocycles. The first-order valence-electron chi connectivity index (χ1n) is 4.96. The lowest BCUT2D eigenvalue weighted by molar-refractivity contribution is 1.61. The fraction of sp³-hybridized carbons (Fsp3) is 0.167. The first-order valence-corrected chi connectivity index (χ1v) is 9.43. The molecule has 0 bridgehead atoms. The summed E-state index contributed by atoms with van der Waals surface area (Å²) in [5, 5.41) is 4.36. The summed E-state index contributed by atoms with van der Waals surface area (Å²) in [5.74, 6) is 0. The average molecular weight is 250 g/mol. The maximum absolute atomic E-state index is 3.91. The van der Waals surface area contributed by atoms with E-state index in [0.29, 0.717) is 0 Å². The highest BCUT2D eigenvalue weighted by Crippen LogP contribution is 2.16.